The first-order valence-corrected chi connectivity index (χ1v) is 7.73. The van der Waals surface area contributed by atoms with Crippen molar-refractivity contribution in [1.29, 1.82) is 0 Å². The van der Waals surface area contributed by atoms with Crippen LogP contribution < -0.4 is 5.32 Å². The number of rotatable bonds is 4. The zero-order valence-corrected chi connectivity index (χ0v) is 12.8. The van der Waals surface area contributed by atoms with Crippen LogP contribution in [0, 0.1) is 11.7 Å². The van der Waals surface area contributed by atoms with E-state index in [2.05, 4.69) is 15.4 Å². The van der Waals surface area contributed by atoms with E-state index in [-0.39, 0.29) is 23.6 Å². The van der Waals surface area contributed by atoms with Gasteiger partial charge in [0.1, 0.15) is 18.5 Å². The molecule has 0 spiro atoms. The molecule has 2 aromatic carbocycles. The first-order chi connectivity index (χ1) is 11.7. The van der Waals surface area contributed by atoms with Crippen LogP contribution in [0.2, 0.25) is 0 Å². The molecule has 4 rings (SSSR count). The average molecular weight is 322 g/mol. The lowest BCUT2D eigenvalue weighted by Gasteiger charge is -2.07. The van der Waals surface area contributed by atoms with Crippen LogP contribution in [0.15, 0.2) is 61.2 Å². The molecule has 1 aliphatic carbocycles. The molecule has 1 heterocycles. The summed E-state index contributed by atoms with van der Waals surface area (Å²) in [5.41, 5.74) is 2.20. The first kappa shape index (κ1) is 14.6. The second kappa shape index (κ2) is 5.88. The van der Waals surface area contributed by atoms with Crippen LogP contribution in [0.25, 0.3) is 5.69 Å². The second-order valence-corrected chi connectivity index (χ2v) is 5.85. The minimum atomic E-state index is -0.241. The summed E-state index contributed by atoms with van der Waals surface area (Å²) in [5.74, 6) is -0.510. The van der Waals surface area contributed by atoms with Crippen LogP contribution in [0.1, 0.15) is 17.9 Å². The molecule has 3 aromatic rings. The molecule has 1 aromatic heterocycles. The van der Waals surface area contributed by atoms with E-state index in [0.717, 1.165) is 5.69 Å². The number of anilines is 1. The van der Waals surface area contributed by atoms with Gasteiger partial charge >= 0.3 is 0 Å². The number of carbonyl (C=O) groups is 1. The van der Waals surface area contributed by atoms with Crippen molar-refractivity contribution in [2.75, 3.05) is 5.32 Å². The molecular weight excluding hydrogens is 307 g/mol. The minimum Gasteiger partial charge on any atom is -0.326 e. The Balaban J connectivity index is 1.41. The largest absolute Gasteiger partial charge is 0.326 e. The maximum Gasteiger partial charge on any atom is 0.228 e. The Bertz CT molecular complexity index is 861. The minimum absolute atomic E-state index is 0.0272. The highest BCUT2D eigenvalue weighted by atomic mass is 19.1. The van der Waals surface area contributed by atoms with Gasteiger partial charge in [0.2, 0.25) is 5.91 Å². The number of halogens is 1. The van der Waals surface area contributed by atoms with Gasteiger partial charge in [-0.05, 0) is 48.2 Å². The number of amides is 1. The zero-order chi connectivity index (χ0) is 16.5. The lowest BCUT2D eigenvalue weighted by atomic mass is 10.1. The molecule has 2 unspecified atom stereocenters. The number of nitrogens with zero attached hydrogens (tertiary/aromatic N) is 3. The van der Waals surface area contributed by atoms with Gasteiger partial charge in [0, 0.05) is 11.6 Å². The average Bonchev–Trinajstić information content (AvgIpc) is 3.20. The fourth-order valence-electron chi connectivity index (χ4n) is 2.88. The maximum atomic E-state index is 13.8. The summed E-state index contributed by atoms with van der Waals surface area (Å²) in [6, 6.07) is 14.0. The SMILES string of the molecule is O=C(Nc1ccc(-n2cncn2)cc1)C1CC1c1ccccc1F. The predicted octanol–water partition coefficient (Wildman–Crippen LogP) is 3.15. The summed E-state index contributed by atoms with van der Waals surface area (Å²) < 4.78 is 15.4. The summed E-state index contributed by atoms with van der Waals surface area (Å²) >= 11 is 0. The summed E-state index contributed by atoms with van der Waals surface area (Å²) in [6.07, 6.45) is 3.76. The first-order valence-electron chi connectivity index (χ1n) is 7.73. The molecule has 6 heteroatoms. The van der Waals surface area contributed by atoms with E-state index in [1.165, 1.54) is 12.4 Å². The molecule has 0 radical (unpaired) electrons. The smallest absolute Gasteiger partial charge is 0.228 e. The number of hydrogen-bond acceptors (Lipinski definition) is 3. The van der Waals surface area contributed by atoms with Crippen molar-refractivity contribution in [2.24, 2.45) is 5.92 Å². The van der Waals surface area contributed by atoms with Crippen molar-refractivity contribution in [3.8, 4) is 5.69 Å². The van der Waals surface area contributed by atoms with Crippen LogP contribution >= 0.6 is 0 Å². The van der Waals surface area contributed by atoms with E-state index in [0.29, 0.717) is 17.7 Å². The van der Waals surface area contributed by atoms with Crippen molar-refractivity contribution in [2.45, 2.75) is 12.3 Å². The molecule has 0 bridgehead atoms. The Labute approximate surface area is 138 Å². The van der Waals surface area contributed by atoms with Crippen molar-refractivity contribution < 1.29 is 9.18 Å². The Hall–Kier alpha value is -3.02. The molecule has 5 nitrogen and oxygen atoms in total. The zero-order valence-electron chi connectivity index (χ0n) is 12.8. The summed E-state index contributed by atoms with van der Waals surface area (Å²) in [6.45, 7) is 0. The highest BCUT2D eigenvalue weighted by Gasteiger charge is 2.45. The standard InChI is InChI=1S/C18H15FN4O/c19-17-4-2-1-3-14(17)15-9-16(15)18(24)22-12-5-7-13(8-6-12)23-11-20-10-21-23/h1-8,10-11,15-16H,9H2,(H,22,24). The molecular formula is C18H15FN4O. The lowest BCUT2D eigenvalue weighted by Crippen LogP contribution is -2.14. The second-order valence-electron chi connectivity index (χ2n) is 5.85. The van der Waals surface area contributed by atoms with Gasteiger partial charge in [-0.3, -0.25) is 4.79 Å². The Morgan fingerprint density at radius 2 is 1.96 bits per heavy atom. The van der Waals surface area contributed by atoms with E-state index in [4.69, 9.17) is 0 Å². The number of aromatic nitrogens is 3. The summed E-state index contributed by atoms with van der Waals surface area (Å²) in [4.78, 5) is 16.2. The maximum absolute atomic E-state index is 13.8. The van der Waals surface area contributed by atoms with E-state index in [1.807, 2.05) is 24.3 Å². The van der Waals surface area contributed by atoms with Gasteiger partial charge in [-0.2, -0.15) is 5.10 Å². The molecule has 2 atom stereocenters. The van der Waals surface area contributed by atoms with Gasteiger partial charge < -0.3 is 5.32 Å². The fourth-order valence-corrected chi connectivity index (χ4v) is 2.88. The monoisotopic (exact) mass is 322 g/mol. The van der Waals surface area contributed by atoms with Crippen LogP contribution in [-0.4, -0.2) is 20.7 Å². The molecule has 1 saturated carbocycles. The molecule has 1 aliphatic rings. The quantitative estimate of drug-likeness (QED) is 0.803. The predicted molar refractivity (Wildman–Crippen MR) is 87.2 cm³/mol. The van der Waals surface area contributed by atoms with Gasteiger partial charge in [-0.1, -0.05) is 18.2 Å². The molecule has 0 aliphatic heterocycles. The van der Waals surface area contributed by atoms with Crippen molar-refractivity contribution in [3.05, 3.63) is 72.6 Å². The van der Waals surface area contributed by atoms with Crippen molar-refractivity contribution >= 4 is 11.6 Å². The molecule has 0 saturated heterocycles. The Morgan fingerprint density at radius 1 is 1.17 bits per heavy atom. The fraction of sp³-hybridized carbons (Fsp3) is 0.167. The van der Waals surface area contributed by atoms with Gasteiger partial charge in [-0.15, -0.1) is 0 Å². The van der Waals surface area contributed by atoms with Crippen molar-refractivity contribution in [3.63, 3.8) is 0 Å². The number of carbonyl (C=O) groups excluding carboxylic acids is 1. The molecule has 1 fully saturated rings. The Kier molecular flexibility index (Phi) is 3.57. The van der Waals surface area contributed by atoms with E-state index in [9.17, 15) is 9.18 Å². The number of benzene rings is 2. The molecule has 1 amide bonds. The van der Waals surface area contributed by atoms with Crippen LogP contribution in [0.5, 0.6) is 0 Å². The molecule has 120 valence electrons. The third-order valence-corrected chi connectivity index (χ3v) is 4.25. The van der Waals surface area contributed by atoms with Gasteiger partial charge in [0.15, 0.2) is 0 Å². The Morgan fingerprint density at radius 3 is 2.67 bits per heavy atom. The number of hydrogen-bond donors (Lipinski definition) is 1. The highest BCUT2D eigenvalue weighted by molar-refractivity contribution is 5.95. The molecule has 1 N–H and O–H groups in total. The highest BCUT2D eigenvalue weighted by Crippen LogP contribution is 2.48. The van der Waals surface area contributed by atoms with E-state index < -0.39 is 0 Å². The number of nitrogens with one attached hydrogen (secondary N) is 1. The van der Waals surface area contributed by atoms with Gasteiger partial charge in [0.05, 0.1) is 5.69 Å². The van der Waals surface area contributed by atoms with E-state index >= 15 is 0 Å². The third-order valence-electron chi connectivity index (χ3n) is 4.25. The van der Waals surface area contributed by atoms with E-state index in [1.54, 1.807) is 29.2 Å². The summed E-state index contributed by atoms with van der Waals surface area (Å²) in [5, 5.41) is 6.94. The van der Waals surface area contributed by atoms with Gasteiger partial charge in [-0.25, -0.2) is 14.1 Å². The molecule has 24 heavy (non-hydrogen) atoms. The van der Waals surface area contributed by atoms with Crippen LogP contribution in [0.3, 0.4) is 0 Å². The summed E-state index contributed by atoms with van der Waals surface area (Å²) in [7, 11) is 0. The van der Waals surface area contributed by atoms with Crippen molar-refractivity contribution in [1.82, 2.24) is 14.8 Å². The van der Waals surface area contributed by atoms with Crippen LogP contribution in [-0.2, 0) is 4.79 Å². The van der Waals surface area contributed by atoms with Gasteiger partial charge in [0.25, 0.3) is 0 Å². The van der Waals surface area contributed by atoms with Crippen LogP contribution in [0.4, 0.5) is 10.1 Å². The normalized spacial score (nSPS) is 19.0. The topological polar surface area (TPSA) is 59.8 Å². The third kappa shape index (κ3) is 2.78. The lowest BCUT2D eigenvalue weighted by molar-refractivity contribution is -0.117.